The largest absolute Gasteiger partial charge is 0.462 e. The summed E-state index contributed by atoms with van der Waals surface area (Å²) in [5, 5.41) is 13.0. The number of hydrogen-bond donors (Lipinski definition) is 2. The minimum Gasteiger partial charge on any atom is -0.462 e. The van der Waals surface area contributed by atoms with Crippen LogP contribution < -0.4 is 5.32 Å². The fourth-order valence-electron chi connectivity index (χ4n) is 1.50. The average Bonchev–Trinajstić information content (AvgIpc) is 2.31. The summed E-state index contributed by atoms with van der Waals surface area (Å²) in [6, 6.07) is -0.649. The van der Waals surface area contributed by atoms with Gasteiger partial charge >= 0.3 is 5.97 Å². The van der Waals surface area contributed by atoms with Gasteiger partial charge in [-0.2, -0.15) is 0 Å². The van der Waals surface area contributed by atoms with Crippen LogP contribution in [-0.4, -0.2) is 35.7 Å². The zero-order valence-corrected chi connectivity index (χ0v) is 12.1. The summed E-state index contributed by atoms with van der Waals surface area (Å²) in [5.74, 6) is -0.431. The number of nitrogens with one attached hydrogen (secondary N) is 1. The van der Waals surface area contributed by atoms with Crippen LogP contribution in [0.5, 0.6) is 0 Å². The van der Waals surface area contributed by atoms with Crippen molar-refractivity contribution in [3.63, 3.8) is 0 Å². The van der Waals surface area contributed by atoms with Crippen molar-refractivity contribution in [2.24, 2.45) is 0 Å². The second-order valence-electron chi connectivity index (χ2n) is 4.58. The zero-order valence-electron chi connectivity index (χ0n) is 11.3. The molecule has 108 valence electrons. The minimum absolute atomic E-state index is 0.191. The van der Waals surface area contributed by atoms with Gasteiger partial charge in [0.25, 0.3) is 0 Å². The highest BCUT2D eigenvalue weighted by molar-refractivity contribution is 6.31. The maximum atomic E-state index is 11.5. The van der Waals surface area contributed by atoms with Crippen LogP contribution in [0.25, 0.3) is 0 Å². The monoisotopic (exact) mass is 289 g/mol. The van der Waals surface area contributed by atoms with Gasteiger partial charge in [-0.25, -0.2) is 0 Å². The fourth-order valence-corrected chi connectivity index (χ4v) is 1.66. The molecule has 0 aliphatic heterocycles. The van der Waals surface area contributed by atoms with Gasteiger partial charge in [-0.05, 0) is 33.3 Å². The second kappa shape index (κ2) is 7.65. The first kappa shape index (κ1) is 16.2. The summed E-state index contributed by atoms with van der Waals surface area (Å²) in [4.78, 5) is 11.5. The van der Waals surface area contributed by atoms with Crippen LogP contribution in [-0.2, 0) is 14.3 Å². The number of ether oxygens (including phenoxy) is 2. The first-order chi connectivity index (χ1) is 8.88. The molecule has 0 heterocycles. The molecule has 0 spiro atoms. The lowest BCUT2D eigenvalue weighted by Crippen LogP contribution is -2.45. The molecule has 1 rings (SSSR count). The Balaban J connectivity index is 2.33. The molecule has 0 radical (unpaired) electrons. The first-order valence-corrected chi connectivity index (χ1v) is 6.60. The third kappa shape index (κ3) is 6.20. The first-order valence-electron chi connectivity index (χ1n) is 6.22. The van der Waals surface area contributed by atoms with E-state index in [2.05, 4.69) is 5.32 Å². The topological polar surface area (TPSA) is 67.8 Å². The molecule has 0 fully saturated rings. The Bertz CT molecular complexity index is 368. The number of carbonyl (C=O) groups is 1. The molecule has 2 N–H and O–H groups in total. The van der Waals surface area contributed by atoms with E-state index in [1.54, 1.807) is 39.0 Å². The number of hydrogen-bond acceptors (Lipinski definition) is 5. The molecule has 0 bridgehead atoms. The summed E-state index contributed by atoms with van der Waals surface area (Å²) in [5.41, 5.74) is 0. The molecule has 0 amide bonds. The average molecular weight is 290 g/mol. The molecule has 0 aromatic carbocycles. The van der Waals surface area contributed by atoms with Gasteiger partial charge in [0.15, 0.2) is 0 Å². The molecule has 2 unspecified atom stereocenters. The normalized spacial score (nSPS) is 22.0. The Hall–Kier alpha value is -0.880. The van der Waals surface area contributed by atoms with E-state index >= 15 is 0 Å². The molecule has 0 aromatic rings. The Morgan fingerprint density at radius 2 is 2.21 bits per heavy atom. The molecule has 3 atom stereocenters. The molecule has 0 saturated carbocycles. The fraction of sp³-hybridized carbons (Fsp3) is 0.615. The van der Waals surface area contributed by atoms with Crippen LogP contribution >= 0.6 is 11.6 Å². The van der Waals surface area contributed by atoms with Crippen molar-refractivity contribution in [2.45, 2.75) is 51.9 Å². The lowest BCUT2D eigenvalue weighted by Gasteiger charge is -2.23. The van der Waals surface area contributed by atoms with Crippen LogP contribution in [0.15, 0.2) is 23.3 Å². The summed E-state index contributed by atoms with van der Waals surface area (Å²) >= 11 is 5.77. The number of rotatable bonds is 6. The van der Waals surface area contributed by atoms with Crippen molar-refractivity contribution < 1.29 is 19.4 Å². The SMILES string of the molecule is CC(C)OC(=O)[C@H](C)NC(O)OC1C=CC(Cl)=CC1. The van der Waals surface area contributed by atoms with Crippen molar-refractivity contribution in [3.8, 4) is 0 Å². The third-order valence-electron chi connectivity index (χ3n) is 2.42. The highest BCUT2D eigenvalue weighted by Crippen LogP contribution is 2.16. The van der Waals surface area contributed by atoms with E-state index in [1.807, 2.05) is 0 Å². The van der Waals surface area contributed by atoms with E-state index < -0.39 is 18.4 Å². The van der Waals surface area contributed by atoms with Crippen molar-refractivity contribution in [2.75, 3.05) is 0 Å². The Labute approximate surface area is 118 Å². The number of carbonyl (C=O) groups excluding carboxylic acids is 1. The molecular formula is C13H20ClNO4. The highest BCUT2D eigenvalue weighted by Gasteiger charge is 2.21. The van der Waals surface area contributed by atoms with Gasteiger partial charge in [0, 0.05) is 5.03 Å². The van der Waals surface area contributed by atoms with Crippen molar-refractivity contribution in [3.05, 3.63) is 23.3 Å². The van der Waals surface area contributed by atoms with Gasteiger partial charge in [0.1, 0.15) is 6.04 Å². The summed E-state index contributed by atoms with van der Waals surface area (Å²) in [6.07, 6.45) is 4.15. The summed E-state index contributed by atoms with van der Waals surface area (Å²) < 4.78 is 10.3. The molecule has 0 aromatic heterocycles. The van der Waals surface area contributed by atoms with E-state index in [0.717, 1.165) is 0 Å². The molecule has 5 nitrogen and oxygen atoms in total. The lowest BCUT2D eigenvalue weighted by molar-refractivity contribution is -0.165. The zero-order chi connectivity index (χ0) is 14.4. The Morgan fingerprint density at radius 1 is 1.53 bits per heavy atom. The summed E-state index contributed by atoms with van der Waals surface area (Å²) in [6.45, 7) is 5.13. The standard InChI is InChI=1S/C13H20ClNO4/c1-8(2)18-12(16)9(3)15-13(17)19-11-6-4-10(14)5-7-11/h4-6,8-9,11,13,15,17H,7H2,1-3H3/t9-,11?,13?/m0/s1. The molecule has 6 heteroatoms. The van der Waals surface area contributed by atoms with Crippen LogP contribution in [0, 0.1) is 0 Å². The van der Waals surface area contributed by atoms with Crippen molar-refractivity contribution in [1.82, 2.24) is 5.32 Å². The van der Waals surface area contributed by atoms with Crippen molar-refractivity contribution in [1.29, 1.82) is 0 Å². The number of aliphatic hydroxyl groups is 1. The Kier molecular flexibility index (Phi) is 6.51. The van der Waals surface area contributed by atoms with Crippen LogP contribution in [0.4, 0.5) is 0 Å². The number of aliphatic hydroxyl groups excluding tert-OH is 1. The Morgan fingerprint density at radius 3 is 2.74 bits per heavy atom. The van der Waals surface area contributed by atoms with Gasteiger partial charge < -0.3 is 14.6 Å². The van der Waals surface area contributed by atoms with E-state index in [1.165, 1.54) is 0 Å². The third-order valence-corrected chi connectivity index (χ3v) is 2.70. The van der Waals surface area contributed by atoms with E-state index in [-0.39, 0.29) is 12.2 Å². The van der Waals surface area contributed by atoms with Crippen molar-refractivity contribution >= 4 is 17.6 Å². The predicted octanol–water partition coefficient (Wildman–Crippen LogP) is 1.66. The van der Waals surface area contributed by atoms with Gasteiger partial charge in [0.2, 0.25) is 6.41 Å². The second-order valence-corrected chi connectivity index (χ2v) is 5.02. The van der Waals surface area contributed by atoms with Gasteiger partial charge in [-0.15, -0.1) is 0 Å². The quantitative estimate of drug-likeness (QED) is 0.575. The summed E-state index contributed by atoms with van der Waals surface area (Å²) in [7, 11) is 0. The van der Waals surface area contributed by atoms with E-state index in [9.17, 15) is 9.90 Å². The molecule has 1 aliphatic rings. The highest BCUT2D eigenvalue weighted by atomic mass is 35.5. The van der Waals surface area contributed by atoms with E-state index in [4.69, 9.17) is 21.1 Å². The maximum absolute atomic E-state index is 11.5. The molecule has 1 aliphatic carbocycles. The predicted molar refractivity (Wildman–Crippen MR) is 72.4 cm³/mol. The van der Waals surface area contributed by atoms with Crippen LogP contribution in [0.2, 0.25) is 0 Å². The van der Waals surface area contributed by atoms with Gasteiger partial charge in [-0.3, -0.25) is 10.1 Å². The van der Waals surface area contributed by atoms with Crippen LogP contribution in [0.1, 0.15) is 27.2 Å². The molecular weight excluding hydrogens is 270 g/mol. The number of allylic oxidation sites excluding steroid dienone is 2. The number of halogens is 1. The lowest BCUT2D eigenvalue weighted by atomic mass is 10.1. The van der Waals surface area contributed by atoms with Gasteiger partial charge in [0.05, 0.1) is 12.2 Å². The maximum Gasteiger partial charge on any atom is 0.323 e. The van der Waals surface area contributed by atoms with E-state index in [0.29, 0.717) is 11.5 Å². The van der Waals surface area contributed by atoms with Gasteiger partial charge in [-0.1, -0.05) is 23.8 Å². The smallest absolute Gasteiger partial charge is 0.323 e. The molecule has 0 saturated heterocycles. The van der Waals surface area contributed by atoms with Crippen LogP contribution in [0.3, 0.4) is 0 Å². The molecule has 19 heavy (non-hydrogen) atoms. The minimum atomic E-state index is -1.24. The number of esters is 1.